The van der Waals surface area contributed by atoms with Gasteiger partial charge in [0.2, 0.25) is 15.9 Å². The third-order valence-electron chi connectivity index (χ3n) is 5.26. The Morgan fingerprint density at radius 3 is 2.16 bits per heavy atom. The lowest BCUT2D eigenvalue weighted by Gasteiger charge is -2.34. The van der Waals surface area contributed by atoms with E-state index in [-0.39, 0.29) is 43.5 Å². The largest absolute Gasteiger partial charge is 0.497 e. The minimum atomic E-state index is -3.64. The van der Waals surface area contributed by atoms with E-state index in [1.165, 1.54) is 23.5 Å². The van der Waals surface area contributed by atoms with Gasteiger partial charge in [-0.25, -0.2) is 13.2 Å². The van der Waals surface area contributed by atoms with E-state index < -0.39 is 16.1 Å². The Balaban J connectivity index is 1.43. The maximum atomic E-state index is 12.8. The van der Waals surface area contributed by atoms with Crippen LogP contribution in [0, 0.1) is 6.92 Å². The first-order chi connectivity index (χ1) is 15.3. The number of rotatable bonds is 7. The number of carbonyl (C=O) groups excluding carboxylic acids is 2. The van der Waals surface area contributed by atoms with Crippen molar-refractivity contribution in [2.45, 2.75) is 18.4 Å². The molecule has 0 bridgehead atoms. The summed E-state index contributed by atoms with van der Waals surface area (Å²) < 4.78 is 32.0. The number of sulfonamides is 1. The molecule has 9 nitrogen and oxygen atoms in total. The molecule has 0 spiro atoms. The minimum Gasteiger partial charge on any atom is -0.497 e. The SMILES string of the molecule is COc1ccc(S(=O)(=O)N2CCN(C(=O)CNC(=O)NCc3ccc(C)cc3)CC2)cc1. The van der Waals surface area contributed by atoms with Crippen LogP contribution in [0.25, 0.3) is 0 Å². The summed E-state index contributed by atoms with van der Waals surface area (Å²) in [5.74, 6) is 0.326. The summed E-state index contributed by atoms with van der Waals surface area (Å²) in [6.45, 7) is 3.12. The lowest BCUT2D eigenvalue weighted by atomic mass is 10.1. The number of amides is 3. The highest BCUT2D eigenvalue weighted by atomic mass is 32.2. The molecule has 1 aliphatic heterocycles. The molecule has 172 valence electrons. The van der Waals surface area contributed by atoms with Gasteiger partial charge < -0.3 is 20.3 Å². The van der Waals surface area contributed by atoms with Crippen LogP contribution in [-0.2, 0) is 21.4 Å². The summed E-state index contributed by atoms with van der Waals surface area (Å²) >= 11 is 0. The fraction of sp³-hybridized carbons (Fsp3) is 0.364. The van der Waals surface area contributed by atoms with Crippen LogP contribution in [0.4, 0.5) is 4.79 Å². The number of aryl methyl sites for hydroxylation is 1. The van der Waals surface area contributed by atoms with Gasteiger partial charge in [0.15, 0.2) is 0 Å². The van der Waals surface area contributed by atoms with Gasteiger partial charge in [-0.1, -0.05) is 29.8 Å². The van der Waals surface area contributed by atoms with Gasteiger partial charge in [0, 0.05) is 32.7 Å². The van der Waals surface area contributed by atoms with Gasteiger partial charge in [0.05, 0.1) is 18.6 Å². The summed E-state index contributed by atoms with van der Waals surface area (Å²) in [4.78, 5) is 26.1. The second kappa shape index (κ2) is 10.5. The fourth-order valence-electron chi connectivity index (χ4n) is 3.29. The van der Waals surface area contributed by atoms with Crippen LogP contribution in [-0.4, -0.2) is 69.4 Å². The zero-order valence-electron chi connectivity index (χ0n) is 18.2. The topological polar surface area (TPSA) is 108 Å². The number of hydrogen-bond donors (Lipinski definition) is 2. The van der Waals surface area contributed by atoms with Crippen LogP contribution < -0.4 is 15.4 Å². The molecule has 32 heavy (non-hydrogen) atoms. The number of urea groups is 1. The zero-order valence-corrected chi connectivity index (χ0v) is 19.0. The number of piperazine rings is 1. The average Bonchev–Trinajstić information content (AvgIpc) is 2.82. The molecule has 1 saturated heterocycles. The summed E-state index contributed by atoms with van der Waals surface area (Å²) in [6.07, 6.45) is 0. The Bertz CT molecular complexity index is 1030. The van der Waals surface area contributed by atoms with Crippen molar-refractivity contribution in [3.63, 3.8) is 0 Å². The summed E-state index contributed by atoms with van der Waals surface area (Å²) in [5, 5.41) is 5.27. The Morgan fingerprint density at radius 1 is 0.938 bits per heavy atom. The number of nitrogens with one attached hydrogen (secondary N) is 2. The molecule has 3 amide bonds. The third kappa shape index (κ3) is 5.98. The highest BCUT2D eigenvalue weighted by molar-refractivity contribution is 7.89. The van der Waals surface area contributed by atoms with Crippen LogP contribution in [0.3, 0.4) is 0 Å². The van der Waals surface area contributed by atoms with Crippen LogP contribution in [0.1, 0.15) is 11.1 Å². The second-order valence-corrected chi connectivity index (χ2v) is 9.42. The third-order valence-corrected chi connectivity index (χ3v) is 7.18. The normalized spacial score (nSPS) is 14.6. The van der Waals surface area contributed by atoms with Crippen molar-refractivity contribution in [3.8, 4) is 5.75 Å². The van der Waals surface area contributed by atoms with Gasteiger partial charge in [0.1, 0.15) is 5.75 Å². The number of hydrogen-bond acceptors (Lipinski definition) is 5. The van der Waals surface area contributed by atoms with Crippen LogP contribution in [0.5, 0.6) is 5.75 Å². The molecule has 2 aromatic rings. The molecule has 0 unspecified atom stereocenters. The van der Waals surface area contributed by atoms with Gasteiger partial charge in [-0.2, -0.15) is 4.31 Å². The molecule has 0 saturated carbocycles. The molecule has 3 rings (SSSR count). The van der Waals surface area contributed by atoms with E-state index in [2.05, 4.69) is 10.6 Å². The molecule has 1 heterocycles. The second-order valence-electron chi connectivity index (χ2n) is 7.48. The zero-order chi connectivity index (χ0) is 23.1. The molecule has 0 aliphatic carbocycles. The van der Waals surface area contributed by atoms with E-state index in [4.69, 9.17) is 4.74 Å². The van der Waals surface area contributed by atoms with Crippen molar-refractivity contribution in [2.75, 3.05) is 39.8 Å². The summed E-state index contributed by atoms with van der Waals surface area (Å²) in [5.41, 5.74) is 2.10. The minimum absolute atomic E-state index is 0.148. The van der Waals surface area contributed by atoms with Crippen molar-refractivity contribution >= 4 is 22.0 Å². The summed E-state index contributed by atoms with van der Waals surface area (Å²) in [7, 11) is -2.12. The van der Waals surface area contributed by atoms with Gasteiger partial charge in [-0.3, -0.25) is 4.79 Å². The molecule has 0 aromatic heterocycles. The molecule has 10 heteroatoms. The van der Waals surface area contributed by atoms with E-state index in [1.54, 1.807) is 17.0 Å². The highest BCUT2D eigenvalue weighted by Crippen LogP contribution is 2.20. The van der Waals surface area contributed by atoms with Crippen molar-refractivity contribution in [2.24, 2.45) is 0 Å². The Kier molecular flexibility index (Phi) is 7.70. The first kappa shape index (κ1) is 23.6. The molecule has 0 radical (unpaired) electrons. The van der Waals surface area contributed by atoms with E-state index in [0.29, 0.717) is 12.3 Å². The van der Waals surface area contributed by atoms with Crippen molar-refractivity contribution in [1.29, 1.82) is 0 Å². The van der Waals surface area contributed by atoms with Crippen LogP contribution in [0.15, 0.2) is 53.4 Å². The fourth-order valence-corrected chi connectivity index (χ4v) is 4.72. The van der Waals surface area contributed by atoms with E-state index >= 15 is 0 Å². The smallest absolute Gasteiger partial charge is 0.315 e. The molecule has 2 N–H and O–H groups in total. The van der Waals surface area contributed by atoms with Gasteiger partial charge >= 0.3 is 6.03 Å². The Labute approximate surface area is 188 Å². The average molecular weight is 461 g/mol. The quantitative estimate of drug-likeness (QED) is 0.648. The molecule has 2 aromatic carbocycles. The predicted molar refractivity (Wildman–Crippen MR) is 120 cm³/mol. The highest BCUT2D eigenvalue weighted by Gasteiger charge is 2.30. The lowest BCUT2D eigenvalue weighted by molar-refractivity contribution is -0.131. The van der Waals surface area contributed by atoms with Gasteiger partial charge in [0.25, 0.3) is 0 Å². The lowest BCUT2D eigenvalue weighted by Crippen LogP contribution is -2.53. The van der Waals surface area contributed by atoms with Crippen LogP contribution >= 0.6 is 0 Å². The number of methoxy groups -OCH3 is 1. The van der Waals surface area contributed by atoms with Gasteiger partial charge in [-0.05, 0) is 36.8 Å². The maximum Gasteiger partial charge on any atom is 0.315 e. The Hall–Kier alpha value is -3.11. The van der Waals surface area contributed by atoms with Gasteiger partial charge in [-0.15, -0.1) is 0 Å². The molecule has 1 aliphatic rings. The van der Waals surface area contributed by atoms with E-state index in [0.717, 1.165) is 11.1 Å². The molecule has 1 fully saturated rings. The van der Waals surface area contributed by atoms with Crippen molar-refractivity contribution in [1.82, 2.24) is 19.8 Å². The van der Waals surface area contributed by atoms with E-state index in [9.17, 15) is 18.0 Å². The van der Waals surface area contributed by atoms with E-state index in [1.807, 2.05) is 31.2 Å². The first-order valence-corrected chi connectivity index (χ1v) is 11.7. The number of ether oxygens (including phenoxy) is 1. The number of benzene rings is 2. The monoisotopic (exact) mass is 460 g/mol. The molecular formula is C22H28N4O5S. The van der Waals surface area contributed by atoms with Crippen LogP contribution in [0.2, 0.25) is 0 Å². The maximum absolute atomic E-state index is 12.8. The standard InChI is InChI=1S/C22H28N4O5S/c1-17-3-5-18(6-4-17)15-23-22(28)24-16-21(27)25-11-13-26(14-12-25)32(29,30)20-9-7-19(31-2)8-10-20/h3-10H,11-16H2,1-2H3,(H2,23,24,28). The van der Waals surface area contributed by atoms with Crippen molar-refractivity contribution < 1.29 is 22.7 Å². The predicted octanol–water partition coefficient (Wildman–Crippen LogP) is 1.34. The molecular weight excluding hydrogens is 432 g/mol. The first-order valence-electron chi connectivity index (χ1n) is 10.3. The Morgan fingerprint density at radius 2 is 1.56 bits per heavy atom. The molecule has 0 atom stereocenters. The number of carbonyl (C=O) groups is 2. The van der Waals surface area contributed by atoms with Crippen molar-refractivity contribution in [3.05, 3.63) is 59.7 Å². The number of nitrogens with zero attached hydrogens (tertiary/aromatic N) is 2. The summed E-state index contributed by atoms with van der Waals surface area (Å²) in [6, 6.07) is 13.6.